The fourth-order valence-corrected chi connectivity index (χ4v) is 4.33. The normalized spacial score (nSPS) is 27.1. The number of amides is 1. The van der Waals surface area contributed by atoms with Gasteiger partial charge in [0.2, 0.25) is 5.91 Å². The Labute approximate surface area is 157 Å². The minimum Gasteiger partial charge on any atom is -0.327 e. The number of nitrogens with zero attached hydrogens (tertiary/aromatic N) is 2. The summed E-state index contributed by atoms with van der Waals surface area (Å²) in [6.45, 7) is 4.06. The number of fused-ring (bicyclic) bond motifs is 2. The lowest BCUT2D eigenvalue weighted by molar-refractivity contribution is -0.128. The molecule has 4 atom stereocenters. The van der Waals surface area contributed by atoms with Crippen LogP contribution in [0.15, 0.2) is 40.4 Å². The largest absolute Gasteiger partial charge is 0.327 e. The molecule has 4 rings (SSSR count). The molecular weight excluding hydrogens is 348 g/mol. The predicted octanol–water partition coefficient (Wildman–Crippen LogP) is 3.23. The first kappa shape index (κ1) is 18.0. The molecule has 6 heteroatoms. The van der Waals surface area contributed by atoms with Crippen molar-refractivity contribution in [2.75, 3.05) is 0 Å². The van der Waals surface area contributed by atoms with Crippen LogP contribution in [0.1, 0.15) is 43.7 Å². The standard InChI is InChI=1S/C21H23F2N3O/c1-11-5-19-20(6-12(11)2)26(10-25-19)21(27)9-18(24)14-4-3-13-7-16(22)17(23)8-15(13)14/h5-8,10,14,18-20H,3-4,9,24H2,1-2H3. The first-order chi connectivity index (χ1) is 12.8. The molecule has 2 aliphatic carbocycles. The van der Waals surface area contributed by atoms with E-state index in [2.05, 4.69) is 17.1 Å². The molecule has 0 aromatic heterocycles. The fourth-order valence-electron chi connectivity index (χ4n) is 4.33. The summed E-state index contributed by atoms with van der Waals surface area (Å²) in [6.07, 6.45) is 7.25. The Kier molecular flexibility index (Phi) is 4.46. The first-order valence-electron chi connectivity index (χ1n) is 9.30. The fraction of sp³-hybridized carbons (Fsp3) is 0.429. The highest BCUT2D eigenvalue weighted by Gasteiger charge is 2.36. The lowest BCUT2D eigenvalue weighted by Gasteiger charge is -2.28. The van der Waals surface area contributed by atoms with Crippen molar-refractivity contribution in [2.45, 2.75) is 57.2 Å². The van der Waals surface area contributed by atoms with Gasteiger partial charge in [-0.25, -0.2) is 8.78 Å². The number of hydrogen-bond donors (Lipinski definition) is 1. The van der Waals surface area contributed by atoms with Crippen LogP contribution in [0.4, 0.5) is 8.78 Å². The van der Waals surface area contributed by atoms with E-state index in [4.69, 9.17) is 5.73 Å². The Hall–Kier alpha value is -2.34. The Morgan fingerprint density at radius 3 is 2.74 bits per heavy atom. The molecule has 1 amide bonds. The average Bonchev–Trinajstić information content (AvgIpc) is 3.19. The molecule has 4 nitrogen and oxygen atoms in total. The topological polar surface area (TPSA) is 58.7 Å². The van der Waals surface area contributed by atoms with Crippen LogP contribution in [-0.2, 0) is 11.2 Å². The number of benzene rings is 1. The third-order valence-corrected chi connectivity index (χ3v) is 6.02. The summed E-state index contributed by atoms with van der Waals surface area (Å²) in [4.78, 5) is 18.9. The Balaban J connectivity index is 1.47. The zero-order valence-electron chi connectivity index (χ0n) is 15.5. The summed E-state index contributed by atoms with van der Waals surface area (Å²) in [5.41, 5.74) is 10.2. The second-order valence-electron chi connectivity index (χ2n) is 7.72. The van der Waals surface area contributed by atoms with Crippen LogP contribution in [0.25, 0.3) is 0 Å². The molecule has 0 spiro atoms. The molecule has 0 fully saturated rings. The Morgan fingerprint density at radius 1 is 1.26 bits per heavy atom. The van der Waals surface area contributed by atoms with Gasteiger partial charge in [0, 0.05) is 18.4 Å². The van der Waals surface area contributed by atoms with E-state index >= 15 is 0 Å². The smallest absolute Gasteiger partial charge is 0.229 e. The van der Waals surface area contributed by atoms with Crippen LogP contribution in [0.3, 0.4) is 0 Å². The molecule has 1 aliphatic heterocycles. The number of rotatable bonds is 3. The summed E-state index contributed by atoms with van der Waals surface area (Å²) < 4.78 is 27.1. The van der Waals surface area contributed by atoms with Gasteiger partial charge in [-0.2, -0.15) is 0 Å². The molecule has 4 unspecified atom stereocenters. The van der Waals surface area contributed by atoms with Crippen molar-refractivity contribution < 1.29 is 13.6 Å². The second kappa shape index (κ2) is 6.68. The van der Waals surface area contributed by atoms with Gasteiger partial charge in [0.25, 0.3) is 0 Å². The van der Waals surface area contributed by atoms with Crippen molar-refractivity contribution in [2.24, 2.45) is 10.7 Å². The van der Waals surface area contributed by atoms with Gasteiger partial charge < -0.3 is 5.73 Å². The van der Waals surface area contributed by atoms with E-state index in [0.29, 0.717) is 12.8 Å². The van der Waals surface area contributed by atoms with E-state index < -0.39 is 17.7 Å². The minimum absolute atomic E-state index is 0.0434. The zero-order chi connectivity index (χ0) is 19.3. The molecule has 0 bridgehead atoms. The maximum Gasteiger partial charge on any atom is 0.229 e. The monoisotopic (exact) mass is 371 g/mol. The lowest BCUT2D eigenvalue weighted by Crippen LogP contribution is -2.43. The predicted molar refractivity (Wildman–Crippen MR) is 100 cm³/mol. The molecule has 142 valence electrons. The second-order valence-corrected chi connectivity index (χ2v) is 7.72. The van der Waals surface area contributed by atoms with E-state index in [9.17, 15) is 13.6 Å². The lowest BCUT2D eigenvalue weighted by atomic mass is 9.90. The number of hydrogen-bond acceptors (Lipinski definition) is 3. The quantitative estimate of drug-likeness (QED) is 0.887. The van der Waals surface area contributed by atoms with Crippen molar-refractivity contribution in [3.63, 3.8) is 0 Å². The number of carbonyl (C=O) groups excluding carboxylic acids is 1. The van der Waals surface area contributed by atoms with Crippen LogP contribution < -0.4 is 5.73 Å². The summed E-state index contributed by atoms with van der Waals surface area (Å²) in [7, 11) is 0. The van der Waals surface area contributed by atoms with Crippen molar-refractivity contribution in [1.29, 1.82) is 0 Å². The number of allylic oxidation sites excluding steroid dienone is 2. The van der Waals surface area contributed by atoms with Crippen molar-refractivity contribution >= 4 is 12.2 Å². The highest BCUT2D eigenvalue weighted by Crippen LogP contribution is 2.37. The third-order valence-electron chi connectivity index (χ3n) is 6.02. The molecule has 0 saturated heterocycles. The van der Waals surface area contributed by atoms with E-state index in [1.165, 1.54) is 17.7 Å². The number of nitrogens with two attached hydrogens (primary N) is 1. The number of carbonyl (C=O) groups is 1. The minimum atomic E-state index is -0.862. The van der Waals surface area contributed by atoms with Gasteiger partial charge in [-0.05, 0) is 49.9 Å². The molecule has 1 aromatic carbocycles. The molecule has 3 aliphatic rings. The van der Waals surface area contributed by atoms with Crippen molar-refractivity contribution in [3.8, 4) is 0 Å². The van der Waals surface area contributed by atoms with Crippen LogP contribution >= 0.6 is 0 Å². The third kappa shape index (κ3) is 3.12. The highest BCUT2D eigenvalue weighted by atomic mass is 19.2. The number of halogens is 2. The van der Waals surface area contributed by atoms with Crippen molar-refractivity contribution in [1.82, 2.24) is 4.90 Å². The molecule has 2 N–H and O–H groups in total. The van der Waals surface area contributed by atoms with Crippen LogP contribution in [-0.4, -0.2) is 35.3 Å². The van der Waals surface area contributed by atoms with Gasteiger partial charge in [0.05, 0.1) is 18.4 Å². The molecule has 0 saturated carbocycles. The van der Waals surface area contributed by atoms with Crippen LogP contribution in [0.5, 0.6) is 0 Å². The Bertz CT molecular complexity index is 890. The van der Waals surface area contributed by atoms with Gasteiger partial charge in [-0.3, -0.25) is 14.7 Å². The molecular formula is C21H23F2N3O. The maximum absolute atomic E-state index is 13.7. The average molecular weight is 371 g/mol. The van der Waals surface area contributed by atoms with Gasteiger partial charge in [-0.1, -0.05) is 23.3 Å². The first-order valence-corrected chi connectivity index (χ1v) is 9.30. The van der Waals surface area contributed by atoms with E-state index in [0.717, 1.165) is 16.7 Å². The van der Waals surface area contributed by atoms with Crippen LogP contribution in [0.2, 0.25) is 0 Å². The molecule has 1 aromatic rings. The van der Waals surface area contributed by atoms with E-state index in [1.54, 1.807) is 11.2 Å². The van der Waals surface area contributed by atoms with Gasteiger partial charge >= 0.3 is 0 Å². The van der Waals surface area contributed by atoms with Crippen molar-refractivity contribution in [3.05, 3.63) is 58.2 Å². The SMILES string of the molecule is CC1=CC2N=CN(C(=O)CC(N)C3CCc4cc(F)c(F)cc43)C2C=C1C. The van der Waals surface area contributed by atoms with E-state index in [-0.39, 0.29) is 30.3 Å². The zero-order valence-corrected chi connectivity index (χ0v) is 15.5. The Morgan fingerprint density at radius 2 is 1.96 bits per heavy atom. The summed E-state index contributed by atoms with van der Waals surface area (Å²) in [5, 5.41) is 0. The maximum atomic E-state index is 13.7. The number of aliphatic imine (C=N–C) groups is 1. The van der Waals surface area contributed by atoms with E-state index in [1.807, 2.05) is 13.8 Å². The van der Waals surface area contributed by atoms with Gasteiger partial charge in [0.1, 0.15) is 0 Å². The molecule has 0 radical (unpaired) electrons. The highest BCUT2D eigenvalue weighted by molar-refractivity contribution is 5.90. The van der Waals surface area contributed by atoms with Gasteiger partial charge in [-0.15, -0.1) is 0 Å². The molecule has 1 heterocycles. The summed E-state index contributed by atoms with van der Waals surface area (Å²) >= 11 is 0. The molecule has 27 heavy (non-hydrogen) atoms. The van der Waals surface area contributed by atoms with Gasteiger partial charge in [0.15, 0.2) is 11.6 Å². The number of aryl methyl sites for hydroxylation is 1. The van der Waals surface area contributed by atoms with Crippen LogP contribution in [0, 0.1) is 11.6 Å². The summed E-state index contributed by atoms with van der Waals surface area (Å²) in [6, 6.07) is 1.90. The summed E-state index contributed by atoms with van der Waals surface area (Å²) in [5.74, 6) is -1.92.